The number of hydrogen-bond donors (Lipinski definition) is 0. The van der Waals surface area contributed by atoms with Crippen molar-refractivity contribution in [2.75, 3.05) is 5.75 Å². The third-order valence-corrected chi connectivity index (χ3v) is 4.54. The zero-order valence-corrected chi connectivity index (χ0v) is 13.8. The van der Waals surface area contributed by atoms with Crippen LogP contribution in [0.4, 0.5) is 0 Å². The van der Waals surface area contributed by atoms with Gasteiger partial charge in [-0.25, -0.2) is 4.98 Å². The van der Waals surface area contributed by atoms with E-state index < -0.39 is 0 Å². The van der Waals surface area contributed by atoms with E-state index in [1.54, 1.807) is 34.9 Å². The minimum absolute atomic E-state index is 0.00756. The van der Waals surface area contributed by atoms with Crippen molar-refractivity contribution in [3.8, 4) is 0 Å². The van der Waals surface area contributed by atoms with Gasteiger partial charge in [0.25, 0.3) is 5.56 Å². The molecule has 0 atom stereocenters. The lowest BCUT2D eigenvalue weighted by atomic mass is 10.2. The van der Waals surface area contributed by atoms with Gasteiger partial charge in [-0.2, -0.15) is 0 Å². The summed E-state index contributed by atoms with van der Waals surface area (Å²) in [5.74, 6) is 0.236. The molecule has 0 bridgehead atoms. The number of benzene rings is 2. The van der Waals surface area contributed by atoms with Gasteiger partial charge in [-0.3, -0.25) is 14.2 Å². The molecule has 1 aromatic heterocycles. The van der Waals surface area contributed by atoms with Crippen molar-refractivity contribution in [2.45, 2.75) is 11.7 Å². The van der Waals surface area contributed by atoms with Crippen LogP contribution in [0.3, 0.4) is 0 Å². The van der Waals surface area contributed by atoms with Gasteiger partial charge in [-0.05, 0) is 12.1 Å². The highest BCUT2D eigenvalue weighted by molar-refractivity contribution is 7.99. The van der Waals surface area contributed by atoms with Crippen LogP contribution in [0, 0.1) is 0 Å². The summed E-state index contributed by atoms with van der Waals surface area (Å²) >= 11 is 1.27. The average molecular weight is 336 g/mol. The number of hydrogen-bond acceptors (Lipinski definition) is 4. The summed E-state index contributed by atoms with van der Waals surface area (Å²) in [6.07, 6.45) is 1.65. The molecule has 0 N–H and O–H groups in total. The summed E-state index contributed by atoms with van der Waals surface area (Å²) in [4.78, 5) is 29.5. The summed E-state index contributed by atoms with van der Waals surface area (Å²) in [5.41, 5.74) is 1.18. The maximum atomic E-state index is 12.6. The zero-order chi connectivity index (χ0) is 16.9. The number of aromatic nitrogens is 2. The standard InChI is InChI=1S/C19H16N2O2S/c1-2-12-21-18(23)15-10-6-7-11-16(15)20-19(21)24-13-17(22)14-8-4-3-5-9-14/h2-11H,1,12-13H2. The van der Waals surface area contributed by atoms with Crippen LogP contribution in [0.1, 0.15) is 10.4 Å². The topological polar surface area (TPSA) is 52.0 Å². The molecule has 1 heterocycles. The fourth-order valence-electron chi connectivity index (χ4n) is 2.39. The van der Waals surface area contributed by atoms with Crippen molar-refractivity contribution in [3.63, 3.8) is 0 Å². The van der Waals surface area contributed by atoms with Crippen LogP contribution < -0.4 is 5.56 Å². The predicted molar refractivity (Wildman–Crippen MR) is 97.7 cm³/mol. The van der Waals surface area contributed by atoms with Crippen molar-refractivity contribution in [1.82, 2.24) is 9.55 Å². The molecular weight excluding hydrogens is 320 g/mol. The first-order valence-corrected chi connectivity index (χ1v) is 8.51. The fraction of sp³-hybridized carbons (Fsp3) is 0.105. The van der Waals surface area contributed by atoms with E-state index in [9.17, 15) is 9.59 Å². The molecule has 2 aromatic carbocycles. The SMILES string of the molecule is C=CCn1c(SCC(=O)c2ccccc2)nc2ccccc2c1=O. The van der Waals surface area contributed by atoms with Crippen LogP contribution in [-0.2, 0) is 6.54 Å². The Morgan fingerprint density at radius 1 is 1.12 bits per heavy atom. The molecule has 0 amide bonds. The van der Waals surface area contributed by atoms with Gasteiger partial charge in [0.2, 0.25) is 0 Å². The highest BCUT2D eigenvalue weighted by Crippen LogP contribution is 2.19. The second-order valence-electron chi connectivity index (χ2n) is 5.19. The number of para-hydroxylation sites is 1. The van der Waals surface area contributed by atoms with Crippen LogP contribution in [0.2, 0.25) is 0 Å². The van der Waals surface area contributed by atoms with Crippen molar-refractivity contribution < 1.29 is 4.79 Å². The van der Waals surface area contributed by atoms with E-state index in [0.717, 1.165) is 0 Å². The number of fused-ring (bicyclic) bond motifs is 1. The number of rotatable bonds is 6. The lowest BCUT2D eigenvalue weighted by Crippen LogP contribution is -2.23. The minimum atomic E-state index is -0.116. The molecule has 0 radical (unpaired) electrons. The normalized spacial score (nSPS) is 10.7. The smallest absolute Gasteiger partial charge is 0.262 e. The summed E-state index contributed by atoms with van der Waals surface area (Å²) < 4.78 is 1.55. The number of nitrogens with zero attached hydrogens (tertiary/aromatic N) is 2. The monoisotopic (exact) mass is 336 g/mol. The molecule has 0 fully saturated rings. The van der Waals surface area contributed by atoms with Gasteiger partial charge in [-0.1, -0.05) is 60.3 Å². The lowest BCUT2D eigenvalue weighted by molar-refractivity contribution is 0.102. The molecule has 0 unspecified atom stereocenters. The number of thioether (sulfide) groups is 1. The first-order valence-electron chi connectivity index (χ1n) is 7.52. The Morgan fingerprint density at radius 3 is 2.58 bits per heavy atom. The Hall–Kier alpha value is -2.66. The zero-order valence-electron chi connectivity index (χ0n) is 13.0. The molecule has 120 valence electrons. The molecule has 0 aliphatic rings. The average Bonchev–Trinajstić information content (AvgIpc) is 2.63. The highest BCUT2D eigenvalue weighted by Gasteiger charge is 2.13. The Balaban J connectivity index is 1.93. The van der Waals surface area contributed by atoms with Crippen LogP contribution in [-0.4, -0.2) is 21.1 Å². The first kappa shape index (κ1) is 16.2. The first-order chi connectivity index (χ1) is 11.7. The number of carbonyl (C=O) groups is 1. The molecule has 0 saturated heterocycles. The van der Waals surface area contributed by atoms with Crippen LogP contribution >= 0.6 is 11.8 Å². The van der Waals surface area contributed by atoms with Gasteiger partial charge >= 0.3 is 0 Å². The van der Waals surface area contributed by atoms with Gasteiger partial charge in [0, 0.05) is 12.1 Å². The molecule has 24 heavy (non-hydrogen) atoms. The van der Waals surface area contributed by atoms with Gasteiger partial charge in [0.15, 0.2) is 10.9 Å². The molecule has 3 rings (SSSR count). The quantitative estimate of drug-likeness (QED) is 0.299. The van der Waals surface area contributed by atoms with Gasteiger partial charge in [0.1, 0.15) is 0 Å². The molecule has 0 aliphatic carbocycles. The third kappa shape index (κ3) is 3.31. The van der Waals surface area contributed by atoms with E-state index in [-0.39, 0.29) is 17.1 Å². The van der Waals surface area contributed by atoms with Crippen LogP contribution in [0.15, 0.2) is 77.2 Å². The summed E-state index contributed by atoms with van der Waals surface area (Å²) in [6.45, 7) is 4.06. The Kier molecular flexibility index (Phi) is 4.91. The Labute approximate surface area is 143 Å². The Bertz CT molecular complexity index is 948. The van der Waals surface area contributed by atoms with E-state index in [1.165, 1.54) is 11.8 Å². The van der Waals surface area contributed by atoms with E-state index in [1.807, 2.05) is 30.3 Å². The van der Waals surface area contributed by atoms with Gasteiger partial charge < -0.3 is 0 Å². The molecular formula is C19H16N2O2S. The van der Waals surface area contributed by atoms with Crippen molar-refractivity contribution in [2.24, 2.45) is 0 Å². The number of ketones is 1. The molecule has 5 heteroatoms. The molecule has 4 nitrogen and oxygen atoms in total. The number of carbonyl (C=O) groups excluding carboxylic acids is 1. The van der Waals surface area contributed by atoms with Crippen molar-refractivity contribution >= 4 is 28.4 Å². The summed E-state index contributed by atoms with van der Waals surface area (Å²) in [5, 5.41) is 1.10. The maximum Gasteiger partial charge on any atom is 0.262 e. The summed E-state index contributed by atoms with van der Waals surface area (Å²) in [6, 6.07) is 16.3. The van der Waals surface area contributed by atoms with Gasteiger partial charge in [0.05, 0.1) is 16.7 Å². The number of Topliss-reactive ketones (excluding diaryl/α,β-unsaturated/α-hetero) is 1. The second-order valence-corrected chi connectivity index (χ2v) is 6.14. The molecule has 0 spiro atoms. The van der Waals surface area contributed by atoms with E-state index in [0.29, 0.717) is 28.2 Å². The Morgan fingerprint density at radius 2 is 1.83 bits per heavy atom. The van der Waals surface area contributed by atoms with E-state index in [2.05, 4.69) is 11.6 Å². The molecule has 3 aromatic rings. The maximum absolute atomic E-state index is 12.6. The minimum Gasteiger partial charge on any atom is -0.293 e. The van der Waals surface area contributed by atoms with E-state index in [4.69, 9.17) is 0 Å². The number of allylic oxidation sites excluding steroid dienone is 1. The summed E-state index contributed by atoms with van der Waals surface area (Å²) in [7, 11) is 0. The third-order valence-electron chi connectivity index (χ3n) is 3.57. The largest absolute Gasteiger partial charge is 0.293 e. The predicted octanol–water partition coefficient (Wildman–Crippen LogP) is 3.56. The van der Waals surface area contributed by atoms with Crippen LogP contribution in [0.5, 0.6) is 0 Å². The van der Waals surface area contributed by atoms with Crippen LogP contribution in [0.25, 0.3) is 10.9 Å². The molecule has 0 aliphatic heterocycles. The second kappa shape index (κ2) is 7.27. The lowest BCUT2D eigenvalue weighted by Gasteiger charge is -2.11. The van der Waals surface area contributed by atoms with E-state index >= 15 is 0 Å². The van der Waals surface area contributed by atoms with Gasteiger partial charge in [-0.15, -0.1) is 6.58 Å². The molecule has 0 saturated carbocycles. The van der Waals surface area contributed by atoms with Crippen molar-refractivity contribution in [3.05, 3.63) is 83.2 Å². The highest BCUT2D eigenvalue weighted by atomic mass is 32.2. The fourth-order valence-corrected chi connectivity index (χ4v) is 3.29. The van der Waals surface area contributed by atoms with Crippen molar-refractivity contribution in [1.29, 1.82) is 0 Å².